The van der Waals surface area contributed by atoms with E-state index in [0.29, 0.717) is 6.42 Å². The molecule has 0 rings (SSSR count). The first-order valence-corrected chi connectivity index (χ1v) is 9.21. The Kier molecular flexibility index (Phi) is 20.5. The number of nitrogens with one attached hydrogen (secondary N) is 1. The smallest absolute Gasteiger partial charge is 1.00 e. The van der Waals surface area contributed by atoms with E-state index in [1.807, 2.05) is 0 Å². The van der Waals surface area contributed by atoms with E-state index in [-0.39, 0.29) is 65.1 Å². The average Bonchev–Trinajstić information content (AvgIpc) is 2.51. The molecule has 0 unspecified atom stereocenters. The minimum absolute atomic E-state index is 0. The summed E-state index contributed by atoms with van der Waals surface area (Å²) in [7, 11) is 0. The van der Waals surface area contributed by atoms with E-state index in [1.165, 1.54) is 51.4 Å². The van der Waals surface area contributed by atoms with E-state index in [0.717, 1.165) is 12.8 Å². The number of amides is 1. The Morgan fingerprint density at radius 3 is 1.68 bits per heavy atom. The molecule has 25 heavy (non-hydrogen) atoms. The van der Waals surface area contributed by atoms with Gasteiger partial charge in [0.2, 0.25) is 5.91 Å². The van der Waals surface area contributed by atoms with Gasteiger partial charge in [-0.1, -0.05) is 71.1 Å². The van der Waals surface area contributed by atoms with Crippen molar-refractivity contribution in [1.29, 1.82) is 0 Å². The Morgan fingerprint density at radius 2 is 1.28 bits per heavy atom. The first-order valence-electron chi connectivity index (χ1n) is 9.21. The maximum absolute atomic E-state index is 11.6. The quantitative estimate of drug-likeness (QED) is 0.271. The Morgan fingerprint density at radius 1 is 0.840 bits per heavy atom. The average molecular weight is 384 g/mol. The van der Waals surface area contributed by atoms with Gasteiger partial charge in [0.25, 0.3) is 0 Å². The minimum Gasteiger partial charge on any atom is -1.00 e. The van der Waals surface area contributed by atoms with Crippen LogP contribution in [0.25, 0.3) is 0 Å². The number of carbonyl (C=O) groups is 3. The molecule has 1 amide bonds. The zero-order valence-corrected chi connectivity index (χ0v) is 19.0. The molecule has 0 spiro atoms. The maximum atomic E-state index is 11.6. The second kappa shape index (κ2) is 18.8. The molecule has 3 N–H and O–H groups in total. The summed E-state index contributed by atoms with van der Waals surface area (Å²) in [6.07, 6.45) is 12.7. The normalized spacial score (nSPS) is 11.4. The minimum atomic E-state index is -1.34. The molecule has 0 saturated heterocycles. The number of carboxylic acids is 2. The van der Waals surface area contributed by atoms with Crippen molar-refractivity contribution >= 4 is 17.8 Å². The molecule has 1 atom stereocenters. The predicted molar refractivity (Wildman–Crippen MR) is 94.0 cm³/mol. The van der Waals surface area contributed by atoms with Crippen LogP contribution in [0.15, 0.2) is 0 Å². The van der Waals surface area contributed by atoms with Crippen LogP contribution in [0.2, 0.25) is 0 Å². The van der Waals surface area contributed by atoms with Crippen LogP contribution in [0, 0.1) is 0 Å². The van der Waals surface area contributed by atoms with E-state index in [4.69, 9.17) is 10.2 Å². The summed E-state index contributed by atoms with van der Waals surface area (Å²) in [6, 6.07) is -1.34. The molecule has 0 radical (unpaired) electrons. The third-order valence-corrected chi connectivity index (χ3v) is 4.02. The molecule has 0 aliphatic heterocycles. The van der Waals surface area contributed by atoms with Crippen LogP contribution in [0.5, 0.6) is 0 Å². The van der Waals surface area contributed by atoms with Crippen molar-refractivity contribution in [3.8, 4) is 0 Å². The van der Waals surface area contributed by atoms with Crippen LogP contribution in [0.1, 0.15) is 91.8 Å². The Bertz CT molecular complexity index is 383. The zero-order chi connectivity index (χ0) is 18.2. The second-order valence-electron chi connectivity index (χ2n) is 6.34. The number of rotatable bonds is 16. The van der Waals surface area contributed by atoms with E-state index in [9.17, 15) is 14.4 Å². The maximum Gasteiger partial charge on any atom is 1.00 e. The monoisotopic (exact) mass is 383 g/mol. The van der Waals surface area contributed by atoms with Gasteiger partial charge in [0.1, 0.15) is 6.04 Å². The molecule has 0 bridgehead atoms. The third-order valence-electron chi connectivity index (χ3n) is 4.02. The topological polar surface area (TPSA) is 104 Å². The zero-order valence-electron chi connectivity index (χ0n) is 16.9. The van der Waals surface area contributed by atoms with Gasteiger partial charge in [-0.05, 0) is 6.42 Å². The van der Waals surface area contributed by atoms with Crippen molar-refractivity contribution in [2.75, 3.05) is 0 Å². The van der Waals surface area contributed by atoms with Crippen molar-refractivity contribution in [1.82, 2.24) is 5.32 Å². The van der Waals surface area contributed by atoms with E-state index in [2.05, 4.69) is 12.2 Å². The number of carboxylic acid groups (broad SMARTS) is 2. The van der Waals surface area contributed by atoms with Crippen molar-refractivity contribution < 1.29 is 77.4 Å². The predicted octanol–water partition coefficient (Wildman–Crippen LogP) is 0.848. The number of unbranched alkanes of at least 4 members (excludes halogenated alkanes) is 10. The van der Waals surface area contributed by atoms with Crippen LogP contribution in [0.4, 0.5) is 0 Å². The van der Waals surface area contributed by atoms with Gasteiger partial charge in [-0.15, -0.1) is 0 Å². The standard InChI is InChI=1S/C18H33NO5.K.H/c1-2-3-4-5-6-7-8-9-10-11-12-13-16(20)19-15(18(23)24)14-17(21)22;;/h15H,2-14H2,1H3,(H,19,20)(H,21,22)(H,23,24);;/q;+1;-1/t15-;;/m0../s1. The van der Waals surface area contributed by atoms with Gasteiger partial charge >= 0.3 is 63.3 Å². The number of hydrogen-bond acceptors (Lipinski definition) is 3. The summed E-state index contributed by atoms with van der Waals surface area (Å²) in [5.41, 5.74) is 0. The van der Waals surface area contributed by atoms with E-state index in [1.54, 1.807) is 0 Å². The molecule has 0 aromatic rings. The molecule has 0 aromatic carbocycles. The number of carbonyl (C=O) groups excluding carboxylic acids is 1. The van der Waals surface area contributed by atoms with Gasteiger partial charge < -0.3 is 17.0 Å². The molecule has 6 nitrogen and oxygen atoms in total. The first kappa shape index (κ1) is 27.3. The summed E-state index contributed by atoms with van der Waals surface area (Å²) in [6.45, 7) is 2.22. The van der Waals surface area contributed by atoms with Crippen molar-refractivity contribution in [3.05, 3.63) is 0 Å². The van der Waals surface area contributed by atoms with Gasteiger partial charge in [0.05, 0.1) is 6.42 Å². The van der Waals surface area contributed by atoms with Crippen LogP contribution in [-0.2, 0) is 14.4 Å². The van der Waals surface area contributed by atoms with Crippen molar-refractivity contribution in [2.45, 2.75) is 96.4 Å². The molecule has 0 saturated carbocycles. The Labute approximate surface area is 195 Å². The van der Waals surface area contributed by atoms with Gasteiger partial charge in [-0.25, -0.2) is 4.79 Å². The van der Waals surface area contributed by atoms with E-state index < -0.39 is 24.4 Å². The van der Waals surface area contributed by atoms with Crippen molar-refractivity contribution in [2.24, 2.45) is 0 Å². The summed E-state index contributed by atoms with van der Waals surface area (Å²) < 4.78 is 0. The van der Waals surface area contributed by atoms with Crippen LogP contribution < -0.4 is 56.7 Å². The molecule has 0 aliphatic rings. The molecule has 0 heterocycles. The molecular formula is C18H34KNO5. The van der Waals surface area contributed by atoms with Gasteiger partial charge in [-0.2, -0.15) is 0 Å². The van der Waals surface area contributed by atoms with Gasteiger partial charge in [0, 0.05) is 6.42 Å². The fourth-order valence-electron chi connectivity index (χ4n) is 2.59. The summed E-state index contributed by atoms with van der Waals surface area (Å²) in [5, 5.41) is 19.7. The Hall–Kier alpha value is 0.0464. The molecule has 142 valence electrons. The van der Waals surface area contributed by atoms with Gasteiger partial charge in [0.15, 0.2) is 0 Å². The largest absolute Gasteiger partial charge is 1.00 e. The van der Waals surface area contributed by atoms with Gasteiger partial charge in [-0.3, -0.25) is 9.59 Å². The Balaban J connectivity index is -0.00000264. The van der Waals surface area contributed by atoms with Crippen LogP contribution in [-0.4, -0.2) is 34.1 Å². The second-order valence-corrected chi connectivity index (χ2v) is 6.34. The van der Waals surface area contributed by atoms with Crippen LogP contribution in [0.3, 0.4) is 0 Å². The summed E-state index contributed by atoms with van der Waals surface area (Å²) in [4.78, 5) is 33.0. The molecule has 0 aliphatic carbocycles. The summed E-state index contributed by atoms with van der Waals surface area (Å²) >= 11 is 0. The third kappa shape index (κ3) is 18.6. The fraction of sp³-hybridized carbons (Fsp3) is 0.833. The number of aliphatic carboxylic acids is 2. The summed E-state index contributed by atoms with van der Waals surface area (Å²) in [5.74, 6) is -2.94. The molecule has 7 heteroatoms. The molecule has 0 fully saturated rings. The van der Waals surface area contributed by atoms with E-state index >= 15 is 0 Å². The SMILES string of the molecule is CCCCCCCCCCCCCC(=O)N[C@@H](CC(=O)O)C(=O)O.[H-].[K+]. The van der Waals surface area contributed by atoms with Crippen molar-refractivity contribution in [3.63, 3.8) is 0 Å². The fourth-order valence-corrected chi connectivity index (χ4v) is 2.59. The molecule has 0 aromatic heterocycles. The number of hydrogen-bond donors (Lipinski definition) is 3. The van der Waals surface area contributed by atoms with Crippen LogP contribution >= 0.6 is 0 Å². The first-order chi connectivity index (χ1) is 11.5. The molecular weight excluding hydrogens is 349 g/mol.